The van der Waals surface area contributed by atoms with Crippen LogP contribution in [-0.4, -0.2) is 51.7 Å². The van der Waals surface area contributed by atoms with Crippen LogP contribution in [0, 0.1) is 0 Å². The van der Waals surface area contributed by atoms with Gasteiger partial charge in [0.15, 0.2) is 0 Å². The molecule has 0 saturated heterocycles. The Balaban J connectivity index is 1.56. The van der Waals surface area contributed by atoms with Gasteiger partial charge in [-0.2, -0.15) is 0 Å². The summed E-state index contributed by atoms with van der Waals surface area (Å²) < 4.78 is 0. The van der Waals surface area contributed by atoms with E-state index in [4.69, 9.17) is 5.73 Å². The van der Waals surface area contributed by atoms with Crippen LogP contribution in [0.4, 0.5) is 0 Å². The number of primary amides is 1. The van der Waals surface area contributed by atoms with Crippen LogP contribution < -0.4 is 21.7 Å². The predicted octanol–water partition coefficient (Wildman–Crippen LogP) is 1.41. The molecule has 0 unspecified atom stereocenters. The van der Waals surface area contributed by atoms with Crippen molar-refractivity contribution < 1.29 is 19.2 Å². The van der Waals surface area contributed by atoms with Crippen molar-refractivity contribution in [3.05, 3.63) is 72.1 Å². The third kappa shape index (κ3) is 5.97. The average molecular weight is 503 g/mol. The zero-order valence-electron chi connectivity index (χ0n) is 20.6. The molecule has 0 saturated carbocycles. The number of para-hydroxylation sites is 2. The van der Waals surface area contributed by atoms with E-state index in [9.17, 15) is 19.2 Å². The maximum atomic E-state index is 13.5. The molecular weight excluding hydrogens is 472 g/mol. The van der Waals surface area contributed by atoms with Crippen molar-refractivity contribution in [1.82, 2.24) is 25.9 Å². The predicted molar refractivity (Wildman–Crippen MR) is 140 cm³/mol. The Labute approximate surface area is 213 Å². The maximum absolute atomic E-state index is 13.5. The molecule has 0 radical (unpaired) electrons. The van der Waals surface area contributed by atoms with E-state index in [1.807, 2.05) is 48.5 Å². The van der Waals surface area contributed by atoms with Crippen molar-refractivity contribution in [1.29, 1.82) is 0 Å². The summed E-state index contributed by atoms with van der Waals surface area (Å²) in [5, 5.41) is 9.80. The van der Waals surface area contributed by atoms with Gasteiger partial charge >= 0.3 is 0 Å². The fraction of sp³-hybridized carbons (Fsp3) is 0.259. The van der Waals surface area contributed by atoms with Crippen LogP contribution in [-0.2, 0) is 32.0 Å². The fourth-order valence-corrected chi connectivity index (χ4v) is 4.41. The number of H-pyrrole nitrogens is 2. The molecule has 7 N–H and O–H groups in total. The zero-order valence-corrected chi connectivity index (χ0v) is 20.6. The van der Waals surface area contributed by atoms with Gasteiger partial charge in [-0.05, 0) is 30.2 Å². The molecule has 192 valence electrons. The summed E-state index contributed by atoms with van der Waals surface area (Å²) in [7, 11) is 0. The summed E-state index contributed by atoms with van der Waals surface area (Å²) in [4.78, 5) is 56.3. The van der Waals surface area contributed by atoms with E-state index in [-0.39, 0.29) is 18.7 Å². The molecule has 0 bridgehead atoms. The molecule has 2 aromatic carbocycles. The van der Waals surface area contributed by atoms with Gasteiger partial charge < -0.3 is 31.7 Å². The molecule has 10 heteroatoms. The first kappa shape index (κ1) is 25.5. The molecule has 0 spiro atoms. The first-order valence-electron chi connectivity index (χ1n) is 12.0. The van der Waals surface area contributed by atoms with Gasteiger partial charge in [0.05, 0.1) is 0 Å². The number of nitrogens with one attached hydrogen (secondary N) is 5. The minimum absolute atomic E-state index is 0.160. The molecule has 4 rings (SSSR count). The molecule has 3 atom stereocenters. The van der Waals surface area contributed by atoms with E-state index in [1.165, 1.54) is 13.8 Å². The Hall–Kier alpha value is -4.60. The summed E-state index contributed by atoms with van der Waals surface area (Å²) in [5.41, 5.74) is 9.10. The van der Waals surface area contributed by atoms with E-state index in [0.29, 0.717) is 0 Å². The number of rotatable bonds is 10. The number of hydrogen-bond acceptors (Lipinski definition) is 4. The summed E-state index contributed by atoms with van der Waals surface area (Å²) in [5.74, 6) is -2.14. The van der Waals surface area contributed by atoms with E-state index < -0.39 is 35.8 Å². The van der Waals surface area contributed by atoms with Gasteiger partial charge in [0, 0.05) is 54.0 Å². The SMILES string of the molecule is CC(=O)N[C@@H](C)C(=O)N[C@@H](Cc1c[nH]c2ccccc12)C(=O)N[C@@H](Cc1c[nH]c2ccccc12)C(N)=O. The van der Waals surface area contributed by atoms with Gasteiger partial charge in [0.2, 0.25) is 23.6 Å². The third-order valence-electron chi connectivity index (χ3n) is 6.30. The number of aromatic amines is 2. The largest absolute Gasteiger partial charge is 0.368 e. The topological polar surface area (TPSA) is 162 Å². The lowest BCUT2D eigenvalue weighted by Gasteiger charge is -2.23. The van der Waals surface area contributed by atoms with Crippen LogP contribution in [0.15, 0.2) is 60.9 Å². The van der Waals surface area contributed by atoms with Crippen molar-refractivity contribution in [3.8, 4) is 0 Å². The van der Waals surface area contributed by atoms with Crippen molar-refractivity contribution >= 4 is 45.4 Å². The minimum atomic E-state index is -1.02. The Morgan fingerprint density at radius 1 is 0.757 bits per heavy atom. The molecule has 0 aliphatic rings. The fourth-order valence-electron chi connectivity index (χ4n) is 4.41. The van der Waals surface area contributed by atoms with Gasteiger partial charge in [-0.3, -0.25) is 19.2 Å². The summed E-state index contributed by atoms with van der Waals surface area (Å²) in [6.07, 6.45) is 3.91. The van der Waals surface area contributed by atoms with Gasteiger partial charge in [-0.15, -0.1) is 0 Å². The number of aromatic nitrogens is 2. The Morgan fingerprint density at radius 3 is 1.76 bits per heavy atom. The highest BCUT2D eigenvalue weighted by atomic mass is 16.2. The van der Waals surface area contributed by atoms with Gasteiger partial charge in [-0.25, -0.2) is 0 Å². The van der Waals surface area contributed by atoms with E-state index in [1.54, 1.807) is 12.4 Å². The molecular formula is C27H30N6O4. The van der Waals surface area contributed by atoms with Crippen LogP contribution in [0.3, 0.4) is 0 Å². The number of carbonyl (C=O) groups excluding carboxylic acids is 4. The molecule has 0 aliphatic heterocycles. The lowest BCUT2D eigenvalue weighted by Crippen LogP contribution is -2.56. The molecule has 0 aliphatic carbocycles. The third-order valence-corrected chi connectivity index (χ3v) is 6.30. The zero-order chi connectivity index (χ0) is 26.5. The quantitative estimate of drug-likeness (QED) is 0.193. The highest BCUT2D eigenvalue weighted by molar-refractivity contribution is 5.95. The average Bonchev–Trinajstić information content (AvgIpc) is 3.47. The first-order chi connectivity index (χ1) is 17.7. The Bertz CT molecular complexity index is 1460. The van der Waals surface area contributed by atoms with Crippen molar-refractivity contribution in [2.24, 2.45) is 5.73 Å². The molecule has 10 nitrogen and oxygen atoms in total. The number of nitrogens with two attached hydrogens (primary N) is 1. The van der Waals surface area contributed by atoms with Crippen LogP contribution >= 0.6 is 0 Å². The normalized spacial score (nSPS) is 13.6. The van der Waals surface area contributed by atoms with Crippen molar-refractivity contribution in [3.63, 3.8) is 0 Å². The second-order valence-corrected chi connectivity index (χ2v) is 9.07. The molecule has 2 heterocycles. The second kappa shape index (κ2) is 11.0. The number of benzene rings is 2. The molecule has 2 aromatic heterocycles. The Morgan fingerprint density at radius 2 is 1.24 bits per heavy atom. The van der Waals surface area contributed by atoms with Crippen molar-refractivity contribution in [2.45, 2.75) is 44.8 Å². The minimum Gasteiger partial charge on any atom is -0.368 e. The van der Waals surface area contributed by atoms with Gasteiger partial charge in [0.25, 0.3) is 0 Å². The number of fused-ring (bicyclic) bond motifs is 2. The number of amides is 4. The first-order valence-corrected chi connectivity index (χ1v) is 12.0. The molecule has 0 fully saturated rings. The number of carbonyl (C=O) groups is 4. The number of hydrogen-bond donors (Lipinski definition) is 6. The van der Waals surface area contributed by atoms with Crippen LogP contribution in [0.25, 0.3) is 21.8 Å². The van der Waals surface area contributed by atoms with Gasteiger partial charge in [-0.1, -0.05) is 36.4 Å². The summed E-state index contributed by atoms with van der Waals surface area (Å²) >= 11 is 0. The van der Waals surface area contributed by atoms with E-state index in [2.05, 4.69) is 25.9 Å². The molecule has 4 amide bonds. The molecule has 37 heavy (non-hydrogen) atoms. The highest BCUT2D eigenvalue weighted by Crippen LogP contribution is 2.21. The summed E-state index contributed by atoms with van der Waals surface area (Å²) in [6, 6.07) is 12.4. The monoisotopic (exact) mass is 502 g/mol. The second-order valence-electron chi connectivity index (χ2n) is 9.07. The van der Waals surface area contributed by atoms with Gasteiger partial charge in [0.1, 0.15) is 18.1 Å². The standard InChI is InChI=1S/C27H30N6O4/c1-15(31-16(2)34)26(36)33-24(12-18-14-30-22-10-6-4-8-20(18)22)27(37)32-23(25(28)35)11-17-13-29-21-9-5-3-7-19(17)21/h3-10,13-15,23-24,29-30H,11-12H2,1-2H3,(H2,28,35)(H,31,34)(H,32,37)(H,33,36)/t15-,23-,24-/m0/s1. The van der Waals surface area contributed by atoms with Crippen LogP contribution in [0.5, 0.6) is 0 Å². The van der Waals surface area contributed by atoms with E-state index in [0.717, 1.165) is 32.9 Å². The Kier molecular flexibility index (Phi) is 7.57. The highest BCUT2D eigenvalue weighted by Gasteiger charge is 2.29. The maximum Gasteiger partial charge on any atom is 0.243 e. The lowest BCUT2D eigenvalue weighted by molar-refractivity contribution is -0.132. The lowest BCUT2D eigenvalue weighted by atomic mass is 10.0. The van der Waals surface area contributed by atoms with Crippen LogP contribution in [0.1, 0.15) is 25.0 Å². The smallest absolute Gasteiger partial charge is 0.243 e. The van der Waals surface area contributed by atoms with E-state index >= 15 is 0 Å². The van der Waals surface area contributed by atoms with Crippen molar-refractivity contribution in [2.75, 3.05) is 0 Å². The van der Waals surface area contributed by atoms with Crippen LogP contribution in [0.2, 0.25) is 0 Å². The summed E-state index contributed by atoms with van der Waals surface area (Å²) in [6.45, 7) is 2.84. The molecule has 4 aromatic rings.